The van der Waals surface area contributed by atoms with E-state index in [1.54, 1.807) is 11.5 Å². The highest BCUT2D eigenvalue weighted by atomic mass is 16.5. The van der Waals surface area contributed by atoms with Crippen LogP contribution in [0.5, 0.6) is 0 Å². The first-order valence-corrected chi connectivity index (χ1v) is 2.92. The van der Waals surface area contributed by atoms with E-state index >= 15 is 0 Å². The minimum Gasteiger partial charge on any atom is -0.368 e. The number of nitrogens with one attached hydrogen (secondary N) is 1. The molecule has 0 spiro atoms. The molecule has 0 unspecified atom stereocenters. The van der Waals surface area contributed by atoms with Gasteiger partial charge in [0, 0.05) is 6.07 Å². The molecule has 1 heterocycles. The van der Waals surface area contributed by atoms with E-state index in [1.807, 2.05) is 0 Å². The Balaban J connectivity index is 2.45. The first-order valence-electron chi connectivity index (χ1n) is 2.92. The summed E-state index contributed by atoms with van der Waals surface area (Å²) in [6, 6.07) is 1.66. The molecule has 0 saturated carbocycles. The van der Waals surface area contributed by atoms with Crippen molar-refractivity contribution in [2.24, 2.45) is 10.7 Å². The van der Waals surface area contributed by atoms with Gasteiger partial charge in [0.15, 0.2) is 0 Å². The number of hydrogen-bond acceptors (Lipinski definition) is 4. The predicted molar refractivity (Wildman–Crippen MR) is 36.8 cm³/mol. The Bertz CT molecular complexity index is 231. The molecule has 11 heavy (non-hydrogen) atoms. The van der Waals surface area contributed by atoms with Crippen molar-refractivity contribution in [3.8, 4) is 0 Å². The van der Waals surface area contributed by atoms with Crippen LogP contribution in [-0.2, 0) is 6.54 Å². The molecule has 0 radical (unpaired) electrons. The van der Waals surface area contributed by atoms with Crippen LogP contribution in [0.2, 0.25) is 0 Å². The summed E-state index contributed by atoms with van der Waals surface area (Å²) in [5.41, 5.74) is 7.47. The van der Waals surface area contributed by atoms with Gasteiger partial charge in [-0.15, -0.1) is 0 Å². The fraction of sp³-hybridized carbons (Fsp3) is 0.200. The van der Waals surface area contributed by atoms with Gasteiger partial charge in [-0.2, -0.15) is 0 Å². The lowest BCUT2D eigenvalue weighted by Gasteiger charge is -1.93. The highest BCUT2D eigenvalue weighted by molar-refractivity contribution is 5.76. The van der Waals surface area contributed by atoms with Crippen LogP contribution >= 0.6 is 0 Å². The third kappa shape index (κ3) is 2.26. The third-order valence-corrected chi connectivity index (χ3v) is 1.02. The SMILES string of the molecule is NC(=NCc1ccon1)NO. The summed E-state index contributed by atoms with van der Waals surface area (Å²) in [6.07, 6.45) is 1.44. The summed E-state index contributed by atoms with van der Waals surface area (Å²) in [5, 5.41) is 11.8. The Morgan fingerprint density at radius 2 is 2.73 bits per heavy atom. The maximum Gasteiger partial charge on any atom is 0.213 e. The van der Waals surface area contributed by atoms with Crippen LogP contribution in [0.1, 0.15) is 5.69 Å². The fourth-order valence-corrected chi connectivity index (χ4v) is 0.521. The lowest BCUT2D eigenvalue weighted by molar-refractivity contribution is 0.232. The maximum absolute atomic E-state index is 8.21. The summed E-state index contributed by atoms with van der Waals surface area (Å²) in [5.74, 6) is -0.0481. The summed E-state index contributed by atoms with van der Waals surface area (Å²) < 4.78 is 4.54. The third-order valence-electron chi connectivity index (χ3n) is 1.02. The molecule has 6 nitrogen and oxygen atoms in total. The second-order valence-electron chi connectivity index (χ2n) is 1.80. The molecule has 1 rings (SSSR count). The van der Waals surface area contributed by atoms with Crippen molar-refractivity contribution in [1.82, 2.24) is 10.6 Å². The first kappa shape index (κ1) is 7.55. The molecule has 0 fully saturated rings. The number of hydroxylamine groups is 1. The monoisotopic (exact) mass is 156 g/mol. The van der Waals surface area contributed by atoms with Gasteiger partial charge in [0.2, 0.25) is 5.96 Å². The quantitative estimate of drug-likeness (QED) is 0.304. The average Bonchev–Trinajstić information content (AvgIpc) is 2.52. The predicted octanol–water partition coefficient (Wildman–Crippen LogP) is -0.532. The van der Waals surface area contributed by atoms with E-state index in [4.69, 9.17) is 10.9 Å². The van der Waals surface area contributed by atoms with Crippen LogP contribution in [0.3, 0.4) is 0 Å². The highest BCUT2D eigenvalue weighted by Gasteiger charge is 1.93. The Kier molecular flexibility index (Phi) is 2.45. The summed E-state index contributed by atoms with van der Waals surface area (Å²) in [4.78, 5) is 3.70. The molecule has 0 amide bonds. The molecular weight excluding hydrogens is 148 g/mol. The van der Waals surface area contributed by atoms with Gasteiger partial charge in [-0.05, 0) is 0 Å². The number of hydrogen-bond donors (Lipinski definition) is 3. The van der Waals surface area contributed by atoms with Crippen LogP contribution in [0, 0.1) is 0 Å². The van der Waals surface area contributed by atoms with Gasteiger partial charge in [-0.25, -0.2) is 10.5 Å². The lowest BCUT2D eigenvalue weighted by atomic mass is 10.4. The number of aliphatic imine (C=N–C) groups is 1. The number of nitrogens with zero attached hydrogens (tertiary/aromatic N) is 2. The number of rotatable bonds is 2. The standard InChI is InChI=1S/C5H8N4O2/c6-5(8-10)7-3-4-1-2-11-9-4/h1-2,10H,3H2,(H3,6,7,8). The topological polar surface area (TPSA) is 96.7 Å². The first-order chi connectivity index (χ1) is 5.33. The van der Waals surface area contributed by atoms with Crippen LogP contribution in [0.4, 0.5) is 0 Å². The molecule has 1 aromatic rings. The summed E-state index contributed by atoms with van der Waals surface area (Å²) >= 11 is 0. The maximum atomic E-state index is 8.21. The summed E-state index contributed by atoms with van der Waals surface area (Å²) in [6.45, 7) is 0.288. The minimum atomic E-state index is -0.0481. The number of aromatic nitrogens is 1. The van der Waals surface area contributed by atoms with E-state index in [-0.39, 0.29) is 12.5 Å². The molecule has 0 aliphatic carbocycles. The van der Waals surface area contributed by atoms with E-state index in [0.29, 0.717) is 5.69 Å². The lowest BCUT2D eigenvalue weighted by Crippen LogP contribution is -2.28. The van der Waals surface area contributed by atoms with E-state index in [9.17, 15) is 0 Å². The molecule has 0 aliphatic rings. The van der Waals surface area contributed by atoms with Gasteiger partial charge in [0.05, 0.1) is 6.54 Å². The van der Waals surface area contributed by atoms with E-state index in [2.05, 4.69) is 14.7 Å². The van der Waals surface area contributed by atoms with Gasteiger partial charge in [0.1, 0.15) is 12.0 Å². The van der Waals surface area contributed by atoms with Crippen molar-refractivity contribution in [3.63, 3.8) is 0 Å². The summed E-state index contributed by atoms with van der Waals surface area (Å²) in [7, 11) is 0. The second kappa shape index (κ2) is 3.57. The normalized spacial score (nSPS) is 11.5. The van der Waals surface area contributed by atoms with E-state index in [1.165, 1.54) is 6.26 Å². The van der Waals surface area contributed by atoms with Crippen LogP contribution in [0.25, 0.3) is 0 Å². The Morgan fingerprint density at radius 3 is 3.27 bits per heavy atom. The second-order valence-corrected chi connectivity index (χ2v) is 1.80. The van der Waals surface area contributed by atoms with Crippen LogP contribution in [0.15, 0.2) is 21.8 Å². The molecule has 60 valence electrons. The molecule has 4 N–H and O–H groups in total. The molecule has 0 aliphatic heterocycles. The zero-order chi connectivity index (χ0) is 8.10. The zero-order valence-electron chi connectivity index (χ0n) is 5.69. The van der Waals surface area contributed by atoms with Gasteiger partial charge in [-0.3, -0.25) is 5.21 Å². The smallest absolute Gasteiger partial charge is 0.213 e. The van der Waals surface area contributed by atoms with E-state index < -0.39 is 0 Å². The van der Waals surface area contributed by atoms with Gasteiger partial charge < -0.3 is 10.3 Å². The van der Waals surface area contributed by atoms with Gasteiger partial charge in [-0.1, -0.05) is 5.16 Å². The van der Waals surface area contributed by atoms with E-state index in [0.717, 1.165) is 0 Å². The molecular formula is C5H8N4O2. The molecule has 0 atom stereocenters. The van der Waals surface area contributed by atoms with Crippen LogP contribution in [-0.4, -0.2) is 16.3 Å². The van der Waals surface area contributed by atoms with Crippen molar-refractivity contribution in [2.75, 3.05) is 0 Å². The molecule has 1 aromatic heterocycles. The molecule has 0 saturated heterocycles. The van der Waals surface area contributed by atoms with Gasteiger partial charge >= 0.3 is 0 Å². The largest absolute Gasteiger partial charge is 0.368 e. The Hall–Kier alpha value is -1.56. The Labute approximate surface area is 62.7 Å². The van der Waals surface area contributed by atoms with Gasteiger partial charge in [0.25, 0.3) is 0 Å². The van der Waals surface area contributed by atoms with Crippen molar-refractivity contribution < 1.29 is 9.73 Å². The molecule has 6 heteroatoms. The number of guanidine groups is 1. The van der Waals surface area contributed by atoms with Crippen LogP contribution < -0.4 is 11.2 Å². The Morgan fingerprint density at radius 1 is 1.91 bits per heavy atom. The zero-order valence-corrected chi connectivity index (χ0v) is 5.69. The number of nitrogens with two attached hydrogens (primary N) is 1. The van der Waals surface area contributed by atoms with Crippen molar-refractivity contribution in [1.29, 1.82) is 0 Å². The van der Waals surface area contributed by atoms with Crippen molar-refractivity contribution in [3.05, 3.63) is 18.0 Å². The fourth-order valence-electron chi connectivity index (χ4n) is 0.521. The highest BCUT2D eigenvalue weighted by Crippen LogP contribution is 1.95. The molecule has 0 bridgehead atoms. The van der Waals surface area contributed by atoms with Crippen molar-refractivity contribution in [2.45, 2.75) is 6.54 Å². The minimum absolute atomic E-state index is 0.0481. The average molecular weight is 156 g/mol. The molecule has 0 aromatic carbocycles. The van der Waals surface area contributed by atoms with Crippen molar-refractivity contribution >= 4 is 5.96 Å².